The number of unbranched alkanes of at least 4 members (excludes halogenated alkanes) is 2. The average molecular weight is 647 g/mol. The molecule has 5 rings (SSSR count). The Balaban J connectivity index is 1.04. The van der Waals surface area contributed by atoms with Crippen LogP contribution in [0.2, 0.25) is 0 Å². The van der Waals surface area contributed by atoms with Gasteiger partial charge in [-0.25, -0.2) is 9.67 Å². The van der Waals surface area contributed by atoms with Gasteiger partial charge in [0.05, 0.1) is 37.6 Å². The lowest BCUT2D eigenvalue weighted by Gasteiger charge is -2.22. The van der Waals surface area contributed by atoms with Crippen LogP contribution >= 0.6 is 0 Å². The van der Waals surface area contributed by atoms with E-state index in [1.165, 1.54) is 36.8 Å². The average Bonchev–Trinajstić information content (AvgIpc) is 3.75. The Labute approximate surface area is 276 Å². The van der Waals surface area contributed by atoms with Crippen LogP contribution in [0.3, 0.4) is 0 Å². The van der Waals surface area contributed by atoms with E-state index in [2.05, 4.69) is 53.8 Å². The highest BCUT2D eigenvalue weighted by atomic mass is 16.5. The van der Waals surface area contributed by atoms with E-state index in [-0.39, 0.29) is 12.5 Å². The number of carbonyl (C=O) groups excluding carboxylic acids is 1. The monoisotopic (exact) mass is 646 g/mol. The summed E-state index contributed by atoms with van der Waals surface area (Å²) in [5, 5.41) is 31.7. The van der Waals surface area contributed by atoms with Crippen molar-refractivity contribution >= 4 is 28.6 Å². The molecule has 3 aromatic heterocycles. The molecule has 0 spiro atoms. The van der Waals surface area contributed by atoms with Crippen molar-refractivity contribution in [2.24, 2.45) is 0 Å². The zero-order chi connectivity index (χ0) is 32.5. The van der Waals surface area contributed by atoms with Gasteiger partial charge < -0.3 is 26.0 Å². The number of esters is 1. The SMILES string of the molecule is CCCCCOC(=O)Cn1cc(CNc2nc(NCc3cn(CCCNCCCNC4CCCCC4)nn3)nc3ccccc23)nn1. The molecule has 254 valence electrons. The summed E-state index contributed by atoms with van der Waals surface area (Å²) in [6, 6.07) is 8.56. The molecule has 14 heteroatoms. The summed E-state index contributed by atoms with van der Waals surface area (Å²) in [5.41, 5.74) is 2.31. The van der Waals surface area contributed by atoms with Crippen LogP contribution in [-0.2, 0) is 35.7 Å². The number of aromatic nitrogens is 8. The molecule has 4 aromatic rings. The van der Waals surface area contributed by atoms with Gasteiger partial charge in [-0.3, -0.25) is 9.48 Å². The highest BCUT2D eigenvalue weighted by Crippen LogP contribution is 2.22. The van der Waals surface area contributed by atoms with Gasteiger partial charge in [-0.15, -0.1) is 10.2 Å². The smallest absolute Gasteiger partial charge is 0.327 e. The predicted octanol–water partition coefficient (Wildman–Crippen LogP) is 4.06. The summed E-state index contributed by atoms with van der Waals surface area (Å²) in [5.74, 6) is 0.838. The van der Waals surface area contributed by atoms with Gasteiger partial charge in [0.2, 0.25) is 5.95 Å². The molecule has 1 aromatic carbocycles. The Kier molecular flexibility index (Phi) is 13.7. The van der Waals surface area contributed by atoms with Gasteiger partial charge in [0.15, 0.2) is 0 Å². The van der Waals surface area contributed by atoms with E-state index in [0.717, 1.165) is 80.9 Å². The molecule has 0 unspecified atom stereocenters. The summed E-state index contributed by atoms with van der Waals surface area (Å²) in [6.45, 7) is 7.30. The first-order valence-corrected chi connectivity index (χ1v) is 17.3. The Hall–Kier alpha value is -4.17. The summed E-state index contributed by atoms with van der Waals surface area (Å²) >= 11 is 0. The lowest BCUT2D eigenvalue weighted by molar-refractivity contribution is -0.144. The van der Waals surface area contributed by atoms with Crippen molar-refractivity contribution in [3.63, 3.8) is 0 Å². The zero-order valence-corrected chi connectivity index (χ0v) is 27.7. The molecule has 0 saturated heterocycles. The highest BCUT2D eigenvalue weighted by molar-refractivity contribution is 5.90. The fourth-order valence-corrected chi connectivity index (χ4v) is 5.69. The minimum absolute atomic E-state index is 0.0311. The number of fused-ring (bicyclic) bond motifs is 1. The van der Waals surface area contributed by atoms with E-state index in [1.807, 2.05) is 35.1 Å². The summed E-state index contributed by atoms with van der Waals surface area (Å²) in [6.07, 6.45) is 15.7. The van der Waals surface area contributed by atoms with Crippen molar-refractivity contribution in [2.45, 2.75) is 103 Å². The normalized spacial score (nSPS) is 13.6. The molecule has 3 heterocycles. The lowest BCUT2D eigenvalue weighted by atomic mass is 9.95. The number of hydrogen-bond acceptors (Lipinski definition) is 12. The van der Waals surface area contributed by atoms with E-state index in [0.29, 0.717) is 37.2 Å². The van der Waals surface area contributed by atoms with Gasteiger partial charge >= 0.3 is 5.97 Å². The first-order chi connectivity index (χ1) is 23.2. The third-order valence-electron chi connectivity index (χ3n) is 8.25. The number of aryl methyl sites for hydroxylation is 1. The van der Waals surface area contributed by atoms with Gasteiger partial charge in [-0.05, 0) is 63.9 Å². The molecule has 0 radical (unpaired) electrons. The third kappa shape index (κ3) is 11.5. The minimum Gasteiger partial charge on any atom is -0.464 e. The zero-order valence-electron chi connectivity index (χ0n) is 27.7. The molecule has 47 heavy (non-hydrogen) atoms. The van der Waals surface area contributed by atoms with Crippen LogP contribution in [0, 0.1) is 0 Å². The molecule has 0 aliphatic heterocycles. The maximum absolute atomic E-state index is 12.1. The number of nitrogens with one attached hydrogen (secondary N) is 4. The molecule has 1 saturated carbocycles. The van der Waals surface area contributed by atoms with Crippen LogP contribution in [0.4, 0.5) is 11.8 Å². The number of benzene rings is 1. The number of ether oxygens (including phenoxy) is 1. The molecule has 1 aliphatic carbocycles. The predicted molar refractivity (Wildman–Crippen MR) is 182 cm³/mol. The largest absolute Gasteiger partial charge is 0.464 e. The van der Waals surface area contributed by atoms with Crippen LogP contribution in [-0.4, -0.2) is 78.2 Å². The topological polar surface area (TPSA) is 162 Å². The summed E-state index contributed by atoms with van der Waals surface area (Å²) < 4.78 is 8.65. The minimum atomic E-state index is -0.316. The second-order valence-corrected chi connectivity index (χ2v) is 12.2. The number of para-hydroxylation sites is 1. The molecule has 4 N–H and O–H groups in total. The van der Waals surface area contributed by atoms with Crippen molar-refractivity contribution in [2.75, 3.05) is 36.9 Å². The van der Waals surface area contributed by atoms with Gasteiger partial charge in [0, 0.05) is 18.0 Å². The molecule has 1 aliphatic rings. The Morgan fingerprint density at radius 3 is 2.49 bits per heavy atom. The highest BCUT2D eigenvalue weighted by Gasteiger charge is 2.13. The maximum atomic E-state index is 12.1. The maximum Gasteiger partial charge on any atom is 0.327 e. The Bertz CT molecular complexity index is 1500. The second-order valence-electron chi connectivity index (χ2n) is 12.2. The number of nitrogens with zero attached hydrogens (tertiary/aromatic N) is 8. The van der Waals surface area contributed by atoms with Crippen LogP contribution in [0.15, 0.2) is 36.7 Å². The first-order valence-electron chi connectivity index (χ1n) is 17.3. The molecule has 14 nitrogen and oxygen atoms in total. The molecular weight excluding hydrogens is 596 g/mol. The van der Waals surface area contributed by atoms with E-state index in [9.17, 15) is 4.79 Å². The van der Waals surface area contributed by atoms with Crippen molar-refractivity contribution < 1.29 is 9.53 Å². The van der Waals surface area contributed by atoms with Crippen molar-refractivity contribution in [1.82, 2.24) is 50.6 Å². The molecular formula is C33H50N12O2. The van der Waals surface area contributed by atoms with Gasteiger partial charge in [-0.1, -0.05) is 61.6 Å². The fourth-order valence-electron chi connectivity index (χ4n) is 5.69. The van der Waals surface area contributed by atoms with Crippen LogP contribution in [0.1, 0.15) is 82.5 Å². The number of rotatable bonds is 21. The van der Waals surface area contributed by atoms with Gasteiger partial charge in [0.1, 0.15) is 23.8 Å². The Morgan fingerprint density at radius 2 is 1.64 bits per heavy atom. The first kappa shape index (κ1) is 34.2. The number of anilines is 2. The fraction of sp³-hybridized carbons (Fsp3) is 0.606. The standard InChI is InChI=1S/C33H50N12O2/c1-2-3-9-20-47-31(46)25-45-24-27(41-43-45)21-36-32-29-14-7-8-15-30(29)38-33(39-32)37-22-28-23-44(42-40-28)19-11-17-34-16-10-18-35-26-12-5-4-6-13-26/h7-8,14-15,23-24,26,34-35H,2-6,9-13,16-22,25H2,1H3,(H2,36,37,38,39). The van der Waals surface area contributed by atoms with Crippen LogP contribution in [0.5, 0.6) is 0 Å². The van der Waals surface area contributed by atoms with E-state index >= 15 is 0 Å². The molecule has 0 atom stereocenters. The third-order valence-corrected chi connectivity index (χ3v) is 8.25. The molecule has 1 fully saturated rings. The van der Waals surface area contributed by atoms with Crippen LogP contribution < -0.4 is 21.3 Å². The summed E-state index contributed by atoms with van der Waals surface area (Å²) in [7, 11) is 0. The molecule has 0 amide bonds. The van der Waals surface area contributed by atoms with Gasteiger partial charge in [-0.2, -0.15) is 4.98 Å². The van der Waals surface area contributed by atoms with E-state index in [1.54, 1.807) is 6.20 Å². The van der Waals surface area contributed by atoms with E-state index in [4.69, 9.17) is 9.72 Å². The van der Waals surface area contributed by atoms with Gasteiger partial charge in [0.25, 0.3) is 0 Å². The van der Waals surface area contributed by atoms with E-state index < -0.39 is 0 Å². The number of hydrogen-bond donors (Lipinski definition) is 4. The molecule has 0 bridgehead atoms. The van der Waals surface area contributed by atoms with Crippen LogP contribution in [0.25, 0.3) is 10.9 Å². The summed E-state index contributed by atoms with van der Waals surface area (Å²) in [4.78, 5) is 21.5. The Morgan fingerprint density at radius 1 is 0.872 bits per heavy atom. The number of carbonyl (C=O) groups is 1. The van der Waals surface area contributed by atoms with Crippen molar-refractivity contribution in [3.8, 4) is 0 Å². The van der Waals surface area contributed by atoms with Crippen molar-refractivity contribution in [3.05, 3.63) is 48.0 Å². The quantitative estimate of drug-likeness (QED) is 0.0760. The lowest BCUT2D eigenvalue weighted by Crippen LogP contribution is -2.33. The van der Waals surface area contributed by atoms with Crippen molar-refractivity contribution in [1.29, 1.82) is 0 Å². The second kappa shape index (κ2) is 18.8.